The lowest BCUT2D eigenvalue weighted by atomic mass is 10.00. The number of nitrogens with zero attached hydrogens (tertiary/aromatic N) is 2. The van der Waals surface area contributed by atoms with E-state index in [0.29, 0.717) is 17.1 Å². The topological polar surface area (TPSA) is 86.8 Å². The first kappa shape index (κ1) is 32.6. The van der Waals surface area contributed by atoms with Gasteiger partial charge in [-0.3, -0.25) is 13.9 Å². The summed E-state index contributed by atoms with van der Waals surface area (Å²) in [5.74, 6) is -0.479. The third-order valence-corrected chi connectivity index (χ3v) is 8.28. The molecule has 0 spiro atoms. The Hall–Kier alpha value is -2.88. The fraction of sp³-hybridized carbons (Fsp3) is 0.355. The van der Waals surface area contributed by atoms with Crippen molar-refractivity contribution in [2.75, 3.05) is 17.1 Å². The molecule has 220 valence electrons. The lowest BCUT2D eigenvalue weighted by Gasteiger charge is -2.34. The van der Waals surface area contributed by atoms with E-state index < -0.39 is 21.6 Å². The molecule has 1 unspecified atom stereocenters. The Bertz CT molecular complexity index is 1410. The minimum absolute atomic E-state index is 0.0597. The molecule has 0 aliphatic heterocycles. The molecule has 2 amide bonds. The molecule has 0 bridgehead atoms. The van der Waals surface area contributed by atoms with Crippen molar-refractivity contribution in [1.82, 2.24) is 10.2 Å². The second-order valence-electron chi connectivity index (χ2n) is 11.0. The van der Waals surface area contributed by atoms with Gasteiger partial charge < -0.3 is 10.2 Å². The van der Waals surface area contributed by atoms with Crippen LogP contribution in [-0.4, -0.2) is 49.5 Å². The minimum Gasteiger partial charge on any atom is -0.350 e. The van der Waals surface area contributed by atoms with Gasteiger partial charge in [-0.25, -0.2) is 8.42 Å². The summed E-state index contributed by atoms with van der Waals surface area (Å²) in [7, 11) is -3.60. The molecule has 0 saturated heterocycles. The van der Waals surface area contributed by atoms with Gasteiger partial charge in [0.2, 0.25) is 21.8 Å². The van der Waals surface area contributed by atoms with E-state index in [-0.39, 0.29) is 37.7 Å². The highest BCUT2D eigenvalue weighted by Gasteiger charge is 2.32. The van der Waals surface area contributed by atoms with E-state index in [1.165, 1.54) is 4.31 Å². The zero-order chi connectivity index (χ0) is 30.2. The molecule has 3 aromatic carbocycles. The van der Waals surface area contributed by atoms with Crippen LogP contribution < -0.4 is 9.62 Å². The maximum absolute atomic E-state index is 13.9. The highest BCUT2D eigenvalue weighted by atomic mass is 79.9. The number of rotatable bonds is 12. The van der Waals surface area contributed by atoms with Crippen LogP contribution >= 0.6 is 27.5 Å². The summed E-state index contributed by atoms with van der Waals surface area (Å²) in [6.45, 7) is 6.05. The monoisotopic (exact) mass is 661 g/mol. The van der Waals surface area contributed by atoms with Crippen molar-refractivity contribution in [1.29, 1.82) is 0 Å². The van der Waals surface area contributed by atoms with Gasteiger partial charge in [-0.2, -0.15) is 0 Å². The van der Waals surface area contributed by atoms with E-state index >= 15 is 0 Å². The predicted octanol–water partition coefficient (Wildman–Crippen LogP) is 6.20. The zero-order valence-electron chi connectivity index (χ0n) is 23.8. The lowest BCUT2D eigenvalue weighted by molar-refractivity contribution is -0.142. The summed E-state index contributed by atoms with van der Waals surface area (Å²) >= 11 is 9.44. The van der Waals surface area contributed by atoms with Crippen LogP contribution in [0.4, 0.5) is 5.69 Å². The van der Waals surface area contributed by atoms with Crippen LogP contribution in [0.5, 0.6) is 0 Å². The largest absolute Gasteiger partial charge is 0.350 e. The Balaban J connectivity index is 1.89. The number of sulfonamides is 1. The van der Waals surface area contributed by atoms with E-state index in [1.807, 2.05) is 75.4 Å². The third-order valence-electron chi connectivity index (χ3n) is 6.30. The molecule has 0 aliphatic rings. The van der Waals surface area contributed by atoms with Crippen molar-refractivity contribution in [2.45, 2.75) is 58.2 Å². The number of anilines is 1. The SMILES string of the molecule is CC(C)(C)NC(=O)C(Cc1ccccc1)N(Cc1ccc(Br)cc1)C(=O)CCCN(c1ccc(Cl)cc1)S(C)(=O)=O. The Morgan fingerprint density at radius 1 is 0.927 bits per heavy atom. The summed E-state index contributed by atoms with van der Waals surface area (Å²) in [4.78, 5) is 29.2. The fourth-order valence-electron chi connectivity index (χ4n) is 4.40. The molecule has 1 atom stereocenters. The normalized spacial score (nSPS) is 12.4. The van der Waals surface area contributed by atoms with Gasteiger partial charge >= 0.3 is 0 Å². The quantitative estimate of drug-likeness (QED) is 0.250. The van der Waals surface area contributed by atoms with Crippen molar-refractivity contribution in [3.05, 3.63) is 99.5 Å². The number of hydrogen-bond donors (Lipinski definition) is 1. The molecule has 41 heavy (non-hydrogen) atoms. The van der Waals surface area contributed by atoms with Crippen LogP contribution in [0.2, 0.25) is 5.02 Å². The van der Waals surface area contributed by atoms with E-state index in [1.54, 1.807) is 29.2 Å². The summed E-state index contributed by atoms with van der Waals surface area (Å²) in [6.07, 6.45) is 1.80. The standard InChI is InChI=1S/C31H37BrClN3O4S/c1-31(2,3)34-30(38)28(21-23-9-6-5-7-10-23)35(22-24-12-14-25(32)15-13-24)29(37)11-8-20-36(41(4,39)40)27-18-16-26(33)17-19-27/h5-7,9-10,12-19,28H,8,11,20-22H2,1-4H3,(H,34,38). The summed E-state index contributed by atoms with van der Waals surface area (Å²) in [6, 6.07) is 23.0. The van der Waals surface area contributed by atoms with Crippen LogP contribution in [0.1, 0.15) is 44.7 Å². The predicted molar refractivity (Wildman–Crippen MR) is 169 cm³/mol. The van der Waals surface area contributed by atoms with Gasteiger partial charge in [-0.15, -0.1) is 0 Å². The fourth-order valence-corrected chi connectivity index (χ4v) is 5.76. The minimum atomic E-state index is -3.60. The molecule has 0 fully saturated rings. The number of hydrogen-bond acceptors (Lipinski definition) is 4. The molecule has 10 heteroatoms. The first-order valence-corrected chi connectivity index (χ1v) is 16.4. The van der Waals surface area contributed by atoms with Gasteiger partial charge in [-0.05, 0) is 74.7 Å². The van der Waals surface area contributed by atoms with E-state index in [4.69, 9.17) is 11.6 Å². The number of amides is 2. The van der Waals surface area contributed by atoms with Crippen molar-refractivity contribution in [3.63, 3.8) is 0 Å². The molecular weight excluding hydrogens is 626 g/mol. The molecule has 0 aliphatic carbocycles. The number of halogens is 2. The number of benzene rings is 3. The number of nitrogens with one attached hydrogen (secondary N) is 1. The molecule has 0 aromatic heterocycles. The molecular formula is C31H37BrClN3O4S. The van der Waals surface area contributed by atoms with Gasteiger partial charge in [0.25, 0.3) is 0 Å². The van der Waals surface area contributed by atoms with Crippen LogP contribution in [-0.2, 0) is 32.6 Å². The number of carbonyl (C=O) groups is 2. The van der Waals surface area contributed by atoms with Crippen LogP contribution in [0.25, 0.3) is 0 Å². The van der Waals surface area contributed by atoms with Crippen LogP contribution in [0, 0.1) is 0 Å². The Morgan fingerprint density at radius 3 is 2.10 bits per heavy atom. The highest BCUT2D eigenvalue weighted by molar-refractivity contribution is 9.10. The molecule has 3 aromatic rings. The second kappa shape index (κ2) is 14.3. The van der Waals surface area contributed by atoms with Gasteiger partial charge in [-0.1, -0.05) is 70.0 Å². The molecule has 0 heterocycles. The lowest BCUT2D eigenvalue weighted by Crippen LogP contribution is -2.54. The van der Waals surface area contributed by atoms with E-state index in [0.717, 1.165) is 21.9 Å². The van der Waals surface area contributed by atoms with Gasteiger partial charge in [0, 0.05) is 41.0 Å². The smallest absolute Gasteiger partial charge is 0.243 e. The van der Waals surface area contributed by atoms with Crippen LogP contribution in [0.3, 0.4) is 0 Å². The first-order valence-electron chi connectivity index (χ1n) is 13.4. The summed E-state index contributed by atoms with van der Waals surface area (Å²) < 4.78 is 27.3. The molecule has 1 N–H and O–H groups in total. The van der Waals surface area contributed by atoms with Gasteiger partial charge in [0.05, 0.1) is 11.9 Å². The van der Waals surface area contributed by atoms with Crippen molar-refractivity contribution >= 4 is 55.1 Å². The molecule has 0 saturated carbocycles. The van der Waals surface area contributed by atoms with E-state index in [2.05, 4.69) is 21.2 Å². The molecule has 7 nitrogen and oxygen atoms in total. The van der Waals surface area contributed by atoms with Crippen molar-refractivity contribution in [2.24, 2.45) is 0 Å². The Labute approximate surface area is 257 Å². The van der Waals surface area contributed by atoms with Gasteiger partial charge in [0.1, 0.15) is 6.04 Å². The summed E-state index contributed by atoms with van der Waals surface area (Å²) in [5, 5.41) is 3.55. The molecule has 0 radical (unpaired) electrons. The van der Waals surface area contributed by atoms with Crippen molar-refractivity contribution in [3.8, 4) is 0 Å². The highest BCUT2D eigenvalue weighted by Crippen LogP contribution is 2.22. The second-order valence-corrected chi connectivity index (χ2v) is 14.3. The zero-order valence-corrected chi connectivity index (χ0v) is 27.0. The third kappa shape index (κ3) is 10.5. The molecule has 3 rings (SSSR count). The van der Waals surface area contributed by atoms with E-state index in [9.17, 15) is 18.0 Å². The first-order chi connectivity index (χ1) is 19.2. The van der Waals surface area contributed by atoms with Crippen LogP contribution in [0.15, 0.2) is 83.3 Å². The maximum Gasteiger partial charge on any atom is 0.243 e. The van der Waals surface area contributed by atoms with Crippen molar-refractivity contribution < 1.29 is 18.0 Å². The average molecular weight is 663 g/mol. The summed E-state index contributed by atoms with van der Waals surface area (Å²) in [5.41, 5.74) is 1.79. The average Bonchev–Trinajstić information content (AvgIpc) is 2.89. The Kier molecular flexibility index (Phi) is 11.4. The maximum atomic E-state index is 13.9. The van der Waals surface area contributed by atoms with Gasteiger partial charge in [0.15, 0.2) is 0 Å². The number of carbonyl (C=O) groups excluding carboxylic acids is 2. The Morgan fingerprint density at radius 2 is 1.54 bits per heavy atom.